The van der Waals surface area contributed by atoms with Gasteiger partial charge in [-0.25, -0.2) is 4.98 Å². The predicted octanol–water partition coefficient (Wildman–Crippen LogP) is 12.2. The zero-order chi connectivity index (χ0) is 34.8. The summed E-state index contributed by atoms with van der Waals surface area (Å²) >= 11 is 0. The van der Waals surface area contributed by atoms with Crippen LogP contribution in [0.5, 0.6) is 0 Å². The van der Waals surface area contributed by atoms with Gasteiger partial charge in [0, 0.05) is 22.6 Å². The van der Waals surface area contributed by atoms with Crippen LogP contribution in [-0.2, 0) is 11.8 Å². The quantitative estimate of drug-likeness (QED) is 0.183. The van der Waals surface area contributed by atoms with Gasteiger partial charge in [0.05, 0.1) is 38.9 Å². The highest BCUT2D eigenvalue weighted by molar-refractivity contribution is 6.13. The molecule has 1 aliphatic carbocycles. The van der Waals surface area contributed by atoms with E-state index in [1.165, 1.54) is 88.5 Å². The van der Waals surface area contributed by atoms with E-state index in [4.69, 9.17) is 4.98 Å². The first-order valence-corrected chi connectivity index (χ1v) is 18.6. The number of nitrogens with zero attached hydrogens (tertiary/aromatic N) is 3. The maximum Gasteiger partial charge on any atom is 0.114 e. The fourth-order valence-electron chi connectivity index (χ4n) is 10.0. The second-order valence-electron chi connectivity index (χ2n) is 14.5. The molecule has 2 aliphatic rings. The lowest BCUT2D eigenvalue weighted by Crippen LogP contribution is -2.33. The summed E-state index contributed by atoms with van der Waals surface area (Å²) in [4.78, 5) is 5.03. The van der Waals surface area contributed by atoms with Gasteiger partial charge >= 0.3 is 0 Å². The smallest absolute Gasteiger partial charge is 0.114 e. The monoisotopic (exact) mass is 675 g/mol. The summed E-state index contributed by atoms with van der Waals surface area (Å²) < 4.78 is 4.87. The van der Waals surface area contributed by atoms with Crippen LogP contribution in [0.3, 0.4) is 0 Å². The predicted molar refractivity (Wildman–Crippen MR) is 219 cm³/mol. The lowest BCUT2D eigenvalue weighted by molar-refractivity contribution is 0.749. The van der Waals surface area contributed by atoms with Gasteiger partial charge in [-0.2, -0.15) is 0 Å². The van der Waals surface area contributed by atoms with E-state index in [1.54, 1.807) is 0 Å². The van der Waals surface area contributed by atoms with Crippen LogP contribution >= 0.6 is 0 Å². The zero-order valence-electron chi connectivity index (χ0n) is 29.2. The molecule has 248 valence electrons. The maximum absolute atomic E-state index is 5.03. The molecule has 1 unspecified atom stereocenters. The summed E-state index contributed by atoms with van der Waals surface area (Å²) in [7, 11) is 0. The van der Waals surface area contributed by atoms with Crippen molar-refractivity contribution in [3.63, 3.8) is 0 Å². The largest absolute Gasteiger partial charge is 0.309 e. The Morgan fingerprint density at radius 1 is 0.453 bits per heavy atom. The molecule has 2 aromatic heterocycles. The minimum atomic E-state index is -0.482. The van der Waals surface area contributed by atoms with Crippen molar-refractivity contribution in [1.82, 2.24) is 14.1 Å². The third-order valence-corrected chi connectivity index (χ3v) is 12.1. The van der Waals surface area contributed by atoms with E-state index >= 15 is 0 Å². The summed E-state index contributed by atoms with van der Waals surface area (Å²) in [6.07, 6.45) is 0.853. The van der Waals surface area contributed by atoms with Crippen molar-refractivity contribution in [2.75, 3.05) is 0 Å². The molecule has 0 bridgehead atoms. The molecule has 1 aliphatic heterocycles. The summed E-state index contributed by atoms with van der Waals surface area (Å²) in [6.45, 7) is 2.19. The fraction of sp³-hybridized carbons (Fsp3) is 0.0600. The Morgan fingerprint density at radius 2 is 1.11 bits per heavy atom. The molecule has 0 saturated carbocycles. The molecule has 10 aromatic rings. The Bertz CT molecular complexity index is 3180. The number of imidazole rings is 1. The number of aryl methyl sites for hydroxylation is 1. The van der Waals surface area contributed by atoms with Crippen LogP contribution in [0.2, 0.25) is 0 Å². The minimum absolute atomic E-state index is 0.482. The van der Waals surface area contributed by atoms with Gasteiger partial charge in [0.25, 0.3) is 0 Å². The zero-order valence-corrected chi connectivity index (χ0v) is 29.2. The molecule has 3 heterocycles. The van der Waals surface area contributed by atoms with E-state index in [2.05, 4.69) is 186 Å². The number of aromatic nitrogens is 3. The van der Waals surface area contributed by atoms with E-state index in [9.17, 15) is 0 Å². The first kappa shape index (κ1) is 28.9. The molecule has 0 N–H and O–H groups in total. The molecule has 0 saturated heterocycles. The van der Waals surface area contributed by atoms with Gasteiger partial charge in [-0.1, -0.05) is 140 Å². The normalized spacial score (nSPS) is 15.4. The number of fused-ring (bicyclic) bond motifs is 14. The van der Waals surface area contributed by atoms with E-state index < -0.39 is 5.41 Å². The molecule has 3 heteroatoms. The van der Waals surface area contributed by atoms with Crippen molar-refractivity contribution in [3.05, 3.63) is 198 Å². The van der Waals surface area contributed by atoms with Crippen LogP contribution in [0.1, 0.15) is 35.0 Å². The third kappa shape index (κ3) is 3.57. The van der Waals surface area contributed by atoms with Gasteiger partial charge in [-0.3, -0.25) is 4.57 Å². The van der Waals surface area contributed by atoms with Crippen LogP contribution in [0.15, 0.2) is 170 Å². The topological polar surface area (TPSA) is 22.8 Å². The van der Waals surface area contributed by atoms with Gasteiger partial charge in [0.1, 0.15) is 5.82 Å². The van der Waals surface area contributed by atoms with Gasteiger partial charge in [-0.15, -0.1) is 0 Å². The van der Waals surface area contributed by atoms with Crippen molar-refractivity contribution in [2.45, 2.75) is 18.8 Å². The minimum Gasteiger partial charge on any atom is -0.309 e. The van der Waals surface area contributed by atoms with Gasteiger partial charge in [0.2, 0.25) is 0 Å². The summed E-state index contributed by atoms with van der Waals surface area (Å²) in [5.74, 6) is 1.07. The Labute approximate surface area is 307 Å². The molecule has 8 aromatic carbocycles. The third-order valence-electron chi connectivity index (χ3n) is 12.1. The number of hydrogen-bond acceptors (Lipinski definition) is 1. The summed E-state index contributed by atoms with van der Waals surface area (Å²) in [5.41, 5.74) is 17.1. The van der Waals surface area contributed by atoms with Crippen molar-refractivity contribution in [3.8, 4) is 33.6 Å². The van der Waals surface area contributed by atoms with Crippen molar-refractivity contribution < 1.29 is 0 Å². The highest BCUT2D eigenvalue weighted by atomic mass is 15.1. The van der Waals surface area contributed by atoms with Gasteiger partial charge in [-0.05, 0) is 86.3 Å². The number of benzene rings is 8. The van der Waals surface area contributed by atoms with E-state index in [1.807, 2.05) is 0 Å². The van der Waals surface area contributed by atoms with Crippen molar-refractivity contribution >= 4 is 43.6 Å². The number of hydrogen-bond donors (Lipinski definition) is 0. The van der Waals surface area contributed by atoms with Crippen LogP contribution < -0.4 is 0 Å². The Morgan fingerprint density at radius 3 is 2.00 bits per heavy atom. The van der Waals surface area contributed by atoms with Crippen LogP contribution in [0.25, 0.3) is 77.2 Å². The average Bonchev–Trinajstić information content (AvgIpc) is 3.86. The summed E-state index contributed by atoms with van der Waals surface area (Å²) in [6, 6.07) is 63.3. The first-order chi connectivity index (χ1) is 26.3. The van der Waals surface area contributed by atoms with Crippen LogP contribution in [-0.4, -0.2) is 14.1 Å². The molecule has 0 fully saturated rings. The molecule has 0 radical (unpaired) electrons. The molecule has 12 rings (SSSR count). The van der Waals surface area contributed by atoms with Crippen molar-refractivity contribution in [2.24, 2.45) is 0 Å². The summed E-state index contributed by atoms with van der Waals surface area (Å²) in [5, 5.41) is 5.05. The molecule has 53 heavy (non-hydrogen) atoms. The second kappa shape index (κ2) is 10.4. The molecule has 3 nitrogen and oxygen atoms in total. The Balaban J connectivity index is 1.16. The molecule has 0 amide bonds. The molecule has 1 atom stereocenters. The Kier molecular flexibility index (Phi) is 5.69. The Hall–Kier alpha value is -6.71. The molecular formula is C50H33N3. The maximum atomic E-state index is 5.03. The number of rotatable bonds is 3. The van der Waals surface area contributed by atoms with E-state index in [0.717, 1.165) is 23.3 Å². The standard InChI is InChI=1S/C50H33N3/c1-2-48-51-43-22-9-12-25-47(43)52(48)45-29-28-32(33-14-3-4-16-36(33)45)31-26-27-35-34-15-5-7-19-39(34)50(42(35)30-31)40-20-8-11-24-46(40)53-44-23-10-6-17-37(44)38-18-13-21-41(50)49(38)53/h3-30H,2H2,1H3. The van der Waals surface area contributed by atoms with E-state index in [0.29, 0.717) is 0 Å². The highest BCUT2D eigenvalue weighted by Gasteiger charge is 2.50. The first-order valence-electron chi connectivity index (χ1n) is 18.6. The average molecular weight is 676 g/mol. The van der Waals surface area contributed by atoms with Crippen LogP contribution in [0.4, 0.5) is 0 Å². The number of para-hydroxylation sites is 5. The SMILES string of the molecule is CCc1nc2ccccc2n1-c1ccc(-c2ccc3c(c2)C2(c4ccccc4-3)c3ccccc3-n3c4ccccc4c4cccc2c43)c2ccccc12. The van der Waals surface area contributed by atoms with Crippen molar-refractivity contribution in [1.29, 1.82) is 0 Å². The molecule has 1 spiro atoms. The highest BCUT2D eigenvalue weighted by Crippen LogP contribution is 2.61. The van der Waals surface area contributed by atoms with Gasteiger partial charge in [0.15, 0.2) is 0 Å². The fourth-order valence-corrected chi connectivity index (χ4v) is 10.0. The lowest BCUT2D eigenvalue weighted by Gasteiger charge is -2.39. The lowest BCUT2D eigenvalue weighted by atomic mass is 9.65. The second-order valence-corrected chi connectivity index (χ2v) is 14.5. The van der Waals surface area contributed by atoms with E-state index in [-0.39, 0.29) is 0 Å². The molecular weight excluding hydrogens is 643 g/mol. The van der Waals surface area contributed by atoms with Gasteiger partial charge < -0.3 is 4.57 Å². The van der Waals surface area contributed by atoms with Crippen LogP contribution in [0, 0.1) is 0 Å².